The second-order valence-electron chi connectivity index (χ2n) is 16.9. The molecule has 4 fully saturated rings. The molecule has 5 atom stereocenters. The molecule has 2 unspecified atom stereocenters. The predicted octanol–water partition coefficient (Wildman–Crippen LogP) is 5.28. The number of hydrogen-bond acceptors (Lipinski definition) is 7. The van der Waals surface area contributed by atoms with Gasteiger partial charge in [-0.2, -0.15) is 0 Å². The third-order valence-corrected chi connectivity index (χ3v) is 16.1. The molecular weight excluding hydrogens is 638 g/mol. The Bertz CT molecular complexity index is 1360. The molecule has 1 amide bonds. The molecule has 4 heterocycles. The lowest BCUT2D eigenvalue weighted by molar-refractivity contribution is -0.0416. The summed E-state index contributed by atoms with van der Waals surface area (Å²) >= 11 is 0. The van der Waals surface area contributed by atoms with Gasteiger partial charge >= 0.3 is 6.09 Å². The maximum absolute atomic E-state index is 15.1. The van der Waals surface area contributed by atoms with Crippen LogP contribution in [-0.2, 0) is 18.6 Å². The predicted molar refractivity (Wildman–Crippen MR) is 194 cm³/mol. The molecule has 8 nitrogen and oxygen atoms in total. The van der Waals surface area contributed by atoms with Crippen molar-refractivity contribution in [3.05, 3.63) is 60.7 Å². The van der Waals surface area contributed by atoms with Crippen LogP contribution in [0.1, 0.15) is 73.6 Å². The number of carbonyl (C=O) groups excluding carboxylic acids is 1. The number of nitrogens with zero attached hydrogens (tertiary/aromatic N) is 2. The molecule has 0 aromatic heterocycles. The molecule has 4 aliphatic rings. The molecule has 1 N–H and O–H groups in total. The van der Waals surface area contributed by atoms with Gasteiger partial charge in [-0.15, -0.1) is 0 Å². The van der Waals surface area contributed by atoms with E-state index in [1.807, 2.05) is 25.7 Å². The van der Waals surface area contributed by atoms with Crippen LogP contribution in [0, 0.1) is 0 Å². The zero-order chi connectivity index (χ0) is 34.9. The molecule has 49 heavy (non-hydrogen) atoms. The van der Waals surface area contributed by atoms with Crippen LogP contribution < -0.4 is 15.7 Å². The van der Waals surface area contributed by atoms with Crippen molar-refractivity contribution in [2.75, 3.05) is 52.6 Å². The number of hydrogen-bond donors (Lipinski definition) is 1. The molecule has 4 aliphatic heterocycles. The average molecular weight is 696 g/mol. The van der Waals surface area contributed by atoms with Crippen molar-refractivity contribution in [3.8, 4) is 0 Å². The maximum atomic E-state index is 15.1. The Hall–Kier alpha value is -2.34. The standard InChI is InChI=1S/C39H58FN3O5Si/c1-36(2,3)48-35(44)43-31-18-19-38(43,27-41-24-31)28-45-20-13-21-46-32-23-39(22-30(40)25-42(39)26-32)29-47-49(37(4,5)6,33-14-9-7-10-15-33)34-16-11-8-12-17-34/h7-12,14-17,30-32,41H,13,18-29H2,1-6H3/t30-,31?,32-,38?,39-/m1/s1. The fraction of sp³-hybridized carbons (Fsp3) is 0.667. The smallest absolute Gasteiger partial charge is 0.411 e. The lowest BCUT2D eigenvalue weighted by Crippen LogP contribution is -2.68. The van der Waals surface area contributed by atoms with Crippen LogP contribution >= 0.6 is 0 Å². The summed E-state index contributed by atoms with van der Waals surface area (Å²) in [5.41, 5.74) is -1.29. The highest BCUT2D eigenvalue weighted by Gasteiger charge is 2.57. The largest absolute Gasteiger partial charge is 0.444 e. The van der Waals surface area contributed by atoms with Crippen molar-refractivity contribution in [3.63, 3.8) is 0 Å². The molecule has 10 heteroatoms. The summed E-state index contributed by atoms with van der Waals surface area (Å²) in [6.07, 6.45) is 2.77. The highest BCUT2D eigenvalue weighted by atomic mass is 28.4. The van der Waals surface area contributed by atoms with Crippen molar-refractivity contribution in [2.24, 2.45) is 0 Å². The van der Waals surface area contributed by atoms with Gasteiger partial charge in [-0.3, -0.25) is 9.80 Å². The molecule has 2 aromatic carbocycles. The number of piperazine rings is 1. The number of rotatable bonds is 12. The van der Waals surface area contributed by atoms with Gasteiger partial charge in [-0.05, 0) is 61.9 Å². The maximum Gasteiger partial charge on any atom is 0.411 e. The van der Waals surface area contributed by atoms with Gasteiger partial charge in [0.25, 0.3) is 8.32 Å². The number of carbonyl (C=O) groups is 1. The van der Waals surface area contributed by atoms with E-state index in [1.165, 1.54) is 10.4 Å². The first-order valence-electron chi connectivity index (χ1n) is 18.3. The van der Waals surface area contributed by atoms with Crippen LogP contribution in [0.3, 0.4) is 0 Å². The number of alkyl halides is 1. The molecule has 2 bridgehead atoms. The second kappa shape index (κ2) is 14.3. The average Bonchev–Trinajstić information content (AvgIpc) is 3.61. The van der Waals surface area contributed by atoms with Crippen molar-refractivity contribution in [1.82, 2.24) is 15.1 Å². The third kappa shape index (κ3) is 7.51. The van der Waals surface area contributed by atoms with E-state index in [1.54, 1.807) is 0 Å². The molecule has 270 valence electrons. The summed E-state index contributed by atoms with van der Waals surface area (Å²) < 4.78 is 40.9. The van der Waals surface area contributed by atoms with Crippen LogP contribution in [-0.4, -0.2) is 112 Å². The van der Waals surface area contributed by atoms with Crippen LogP contribution in [0.15, 0.2) is 60.7 Å². The van der Waals surface area contributed by atoms with E-state index in [4.69, 9.17) is 18.6 Å². The lowest BCUT2D eigenvalue weighted by Gasteiger charge is -2.45. The summed E-state index contributed by atoms with van der Waals surface area (Å²) in [5, 5.41) is 5.84. The molecule has 0 saturated carbocycles. The Labute approximate surface area is 294 Å². The molecule has 4 saturated heterocycles. The SMILES string of the molecule is CC(C)(C)OC(=O)N1C2CCC1(COCCCO[C@H]1CN3C[C@H](F)C[C@]3(CO[Si](c3ccccc3)(c3ccccc3)C(C)(C)C)C1)CNC2. The highest BCUT2D eigenvalue weighted by molar-refractivity contribution is 6.99. The van der Waals surface area contributed by atoms with E-state index in [2.05, 4.69) is 91.7 Å². The first-order valence-corrected chi connectivity index (χ1v) is 20.2. The molecule has 2 aromatic rings. The Morgan fingerprint density at radius 1 is 0.918 bits per heavy atom. The monoisotopic (exact) mass is 695 g/mol. The second-order valence-corrected chi connectivity index (χ2v) is 21.2. The van der Waals surface area contributed by atoms with Crippen molar-refractivity contribution >= 4 is 24.8 Å². The van der Waals surface area contributed by atoms with Gasteiger partial charge in [0.05, 0.1) is 24.9 Å². The summed E-state index contributed by atoms with van der Waals surface area (Å²) in [4.78, 5) is 17.4. The topological polar surface area (TPSA) is 72.5 Å². The van der Waals surface area contributed by atoms with E-state index in [-0.39, 0.29) is 34.4 Å². The normalized spacial score (nSPS) is 29.0. The molecule has 0 radical (unpaired) electrons. The van der Waals surface area contributed by atoms with Gasteiger partial charge in [0, 0.05) is 57.4 Å². The summed E-state index contributed by atoms with van der Waals surface area (Å²) in [6.45, 7) is 17.3. The van der Waals surface area contributed by atoms with E-state index in [0.717, 1.165) is 32.2 Å². The summed E-state index contributed by atoms with van der Waals surface area (Å²) in [5.74, 6) is 0. The quantitative estimate of drug-likeness (QED) is 0.239. The Balaban J connectivity index is 1.06. The fourth-order valence-corrected chi connectivity index (χ4v) is 13.6. The number of benzene rings is 2. The fourth-order valence-electron chi connectivity index (χ4n) is 9.01. The minimum atomic E-state index is -2.75. The van der Waals surface area contributed by atoms with Crippen molar-refractivity contribution in [1.29, 1.82) is 0 Å². The number of fused-ring (bicyclic) bond motifs is 3. The highest BCUT2D eigenvalue weighted by Crippen LogP contribution is 2.44. The Morgan fingerprint density at radius 2 is 1.59 bits per heavy atom. The minimum absolute atomic E-state index is 0.0228. The third-order valence-electron chi connectivity index (χ3n) is 11.1. The molecular formula is C39H58FN3O5Si. The van der Waals surface area contributed by atoms with Crippen LogP contribution in [0.4, 0.5) is 9.18 Å². The molecule has 6 rings (SSSR count). The van der Waals surface area contributed by atoms with Gasteiger partial charge in [0.2, 0.25) is 0 Å². The van der Waals surface area contributed by atoms with Gasteiger partial charge in [0.15, 0.2) is 0 Å². The number of nitrogens with one attached hydrogen (secondary N) is 1. The van der Waals surface area contributed by atoms with Crippen LogP contribution in [0.25, 0.3) is 0 Å². The van der Waals surface area contributed by atoms with E-state index in [0.29, 0.717) is 52.5 Å². The summed E-state index contributed by atoms with van der Waals surface area (Å²) in [7, 11) is -2.75. The van der Waals surface area contributed by atoms with Gasteiger partial charge < -0.3 is 24.0 Å². The summed E-state index contributed by atoms with van der Waals surface area (Å²) in [6, 6.07) is 21.5. The van der Waals surface area contributed by atoms with E-state index < -0.39 is 20.1 Å². The zero-order valence-corrected chi connectivity index (χ0v) is 31.5. The molecule has 0 spiro atoms. The first-order chi connectivity index (χ1) is 23.3. The van der Waals surface area contributed by atoms with Crippen LogP contribution in [0.5, 0.6) is 0 Å². The molecule has 0 aliphatic carbocycles. The van der Waals surface area contributed by atoms with E-state index in [9.17, 15) is 4.79 Å². The van der Waals surface area contributed by atoms with Crippen molar-refractivity contribution < 1.29 is 27.8 Å². The minimum Gasteiger partial charge on any atom is -0.444 e. The lowest BCUT2D eigenvalue weighted by atomic mass is 9.94. The first kappa shape index (κ1) is 36.4. The van der Waals surface area contributed by atoms with Gasteiger partial charge in [-0.1, -0.05) is 81.4 Å². The van der Waals surface area contributed by atoms with E-state index >= 15 is 4.39 Å². The zero-order valence-electron chi connectivity index (χ0n) is 30.5. The Morgan fingerprint density at radius 3 is 2.22 bits per heavy atom. The van der Waals surface area contributed by atoms with Gasteiger partial charge in [0.1, 0.15) is 11.8 Å². The Kier molecular flexibility index (Phi) is 10.7. The van der Waals surface area contributed by atoms with Crippen molar-refractivity contribution in [2.45, 2.75) is 114 Å². The van der Waals surface area contributed by atoms with Crippen LogP contribution in [0.2, 0.25) is 5.04 Å². The number of halogens is 1. The number of amides is 1. The van der Waals surface area contributed by atoms with Gasteiger partial charge in [-0.25, -0.2) is 9.18 Å². The number of ether oxygens (including phenoxy) is 3.